The van der Waals surface area contributed by atoms with Crippen LogP contribution in [0, 0.1) is 23.2 Å². The van der Waals surface area contributed by atoms with Gasteiger partial charge < -0.3 is 24.8 Å². The maximum Gasteiger partial charge on any atom is 0.306 e. The van der Waals surface area contributed by atoms with Crippen molar-refractivity contribution >= 4 is 17.7 Å². The summed E-state index contributed by atoms with van der Waals surface area (Å²) in [5.74, 6) is -4.09. The van der Waals surface area contributed by atoms with Gasteiger partial charge in [-0.15, -0.1) is 0 Å². The van der Waals surface area contributed by atoms with Gasteiger partial charge in [0.05, 0.1) is 12.2 Å². The van der Waals surface area contributed by atoms with Crippen molar-refractivity contribution in [3.05, 3.63) is 23.3 Å². The lowest BCUT2D eigenvalue weighted by Gasteiger charge is -2.63. The molecular weight excluding hydrogens is 440 g/mol. The smallest absolute Gasteiger partial charge is 0.306 e. The van der Waals surface area contributed by atoms with Crippen LogP contribution in [0.4, 0.5) is 0 Å². The fourth-order valence-electron chi connectivity index (χ4n) is 6.41. The van der Waals surface area contributed by atoms with Gasteiger partial charge >= 0.3 is 11.9 Å². The molecule has 0 aromatic heterocycles. The second-order valence-corrected chi connectivity index (χ2v) is 10.8. The molecule has 0 unspecified atom stereocenters. The van der Waals surface area contributed by atoms with E-state index in [9.17, 15) is 29.7 Å². The predicted molar refractivity (Wildman–Crippen MR) is 123 cm³/mol. The number of hydrogen-bond acceptors (Lipinski definition) is 8. The maximum atomic E-state index is 13.1. The molecule has 8 nitrogen and oxygen atoms in total. The van der Waals surface area contributed by atoms with Gasteiger partial charge in [-0.2, -0.15) is 0 Å². The van der Waals surface area contributed by atoms with Gasteiger partial charge in [-0.1, -0.05) is 46.8 Å². The van der Waals surface area contributed by atoms with Crippen LogP contribution in [0.1, 0.15) is 67.7 Å². The average molecular weight is 479 g/mol. The predicted octanol–water partition coefficient (Wildman–Crippen LogP) is 2.24. The van der Waals surface area contributed by atoms with Gasteiger partial charge in [-0.25, -0.2) is 0 Å². The number of aliphatic hydroxyl groups excluding tert-OH is 1. The summed E-state index contributed by atoms with van der Waals surface area (Å²) in [6, 6.07) is 0. The quantitative estimate of drug-likeness (QED) is 0.405. The van der Waals surface area contributed by atoms with Gasteiger partial charge in [-0.05, 0) is 25.0 Å². The van der Waals surface area contributed by atoms with E-state index in [-0.39, 0.29) is 19.3 Å². The average Bonchev–Trinajstić information content (AvgIpc) is 2.95. The van der Waals surface area contributed by atoms with Crippen LogP contribution in [0.25, 0.3) is 0 Å². The van der Waals surface area contributed by atoms with Crippen molar-refractivity contribution in [1.29, 1.82) is 0 Å². The molecule has 0 aromatic rings. The highest BCUT2D eigenvalue weighted by Crippen LogP contribution is 2.63. The minimum Gasteiger partial charge on any atom is -0.458 e. The van der Waals surface area contributed by atoms with Crippen LogP contribution in [0.2, 0.25) is 0 Å². The fourth-order valence-corrected chi connectivity index (χ4v) is 6.41. The van der Waals surface area contributed by atoms with Crippen molar-refractivity contribution in [3.8, 4) is 0 Å². The minimum absolute atomic E-state index is 0.0860. The van der Waals surface area contributed by atoms with Crippen molar-refractivity contribution in [2.75, 3.05) is 6.61 Å². The fraction of sp³-hybridized carbons (Fsp3) is 0.731. The van der Waals surface area contributed by atoms with E-state index in [4.69, 9.17) is 9.47 Å². The molecule has 190 valence electrons. The number of Topliss-reactive ketones (excluding diaryl/α,β-unsaturated/α-hetero) is 1. The van der Waals surface area contributed by atoms with Gasteiger partial charge in [0.2, 0.25) is 0 Å². The van der Waals surface area contributed by atoms with E-state index in [1.807, 2.05) is 13.8 Å². The normalized spacial score (nSPS) is 40.9. The first-order valence-corrected chi connectivity index (χ1v) is 12.0. The molecule has 3 aliphatic carbocycles. The number of hydrogen-bond donors (Lipinski definition) is 3. The van der Waals surface area contributed by atoms with Gasteiger partial charge in [0.15, 0.2) is 11.4 Å². The molecule has 0 radical (unpaired) electrons. The second kappa shape index (κ2) is 8.57. The van der Waals surface area contributed by atoms with Crippen LogP contribution < -0.4 is 0 Å². The standard InChI is InChI=1S/C26H38O8/c1-8-19(28)33-22-15(4)26(32)17(23(5,6)24(22,7)34-20(29)9-2)11-16(13-27)12-25(31)18(26)10-14(3)21(25)30/h10-11,15,17-18,22,27,31-32H,8-9,12-13H2,1-7H3/t15-,17+,18-,22-,24-,25-,26-/m1/s1. The summed E-state index contributed by atoms with van der Waals surface area (Å²) in [6.07, 6.45) is 2.31. The molecule has 1 saturated carbocycles. The molecular formula is C26H38O8. The van der Waals surface area contributed by atoms with Crippen LogP contribution in [-0.4, -0.2) is 62.6 Å². The molecule has 8 heteroatoms. The minimum atomic E-state index is -1.94. The van der Waals surface area contributed by atoms with Gasteiger partial charge in [-0.3, -0.25) is 14.4 Å². The van der Waals surface area contributed by atoms with Gasteiger partial charge in [0.25, 0.3) is 0 Å². The molecule has 0 aromatic carbocycles. The van der Waals surface area contributed by atoms with E-state index in [2.05, 4.69) is 0 Å². The first kappa shape index (κ1) is 26.6. The Hall–Kier alpha value is -2.03. The lowest BCUT2D eigenvalue weighted by molar-refractivity contribution is -0.290. The first-order chi connectivity index (χ1) is 15.6. The molecule has 0 spiro atoms. The Kier molecular flexibility index (Phi) is 6.70. The van der Waals surface area contributed by atoms with Crippen LogP contribution >= 0.6 is 0 Å². The Bertz CT molecular complexity index is 948. The van der Waals surface area contributed by atoms with Crippen molar-refractivity contribution in [2.45, 2.75) is 90.6 Å². The van der Waals surface area contributed by atoms with E-state index in [1.54, 1.807) is 46.8 Å². The summed E-state index contributed by atoms with van der Waals surface area (Å²) in [5.41, 5.74) is -5.33. The lowest BCUT2D eigenvalue weighted by Crippen LogP contribution is -2.75. The molecule has 3 aliphatic rings. The van der Waals surface area contributed by atoms with Crippen LogP contribution in [-0.2, 0) is 23.9 Å². The molecule has 0 amide bonds. The largest absolute Gasteiger partial charge is 0.458 e. The van der Waals surface area contributed by atoms with Crippen molar-refractivity contribution in [2.24, 2.45) is 23.2 Å². The Morgan fingerprint density at radius 3 is 2.18 bits per heavy atom. The number of carbonyl (C=O) groups is 3. The monoisotopic (exact) mass is 478 g/mol. The highest BCUT2D eigenvalue weighted by Gasteiger charge is 2.73. The molecule has 34 heavy (non-hydrogen) atoms. The van der Waals surface area contributed by atoms with E-state index in [0.29, 0.717) is 11.1 Å². The van der Waals surface area contributed by atoms with Crippen LogP contribution in [0.3, 0.4) is 0 Å². The van der Waals surface area contributed by atoms with E-state index >= 15 is 0 Å². The number of fused-ring (bicyclic) bond motifs is 3. The van der Waals surface area contributed by atoms with Gasteiger partial charge in [0, 0.05) is 42.4 Å². The highest BCUT2D eigenvalue weighted by atomic mass is 16.6. The molecule has 0 saturated heterocycles. The summed E-state index contributed by atoms with van der Waals surface area (Å²) in [7, 11) is 0. The van der Waals surface area contributed by atoms with E-state index in [1.165, 1.54) is 0 Å². The molecule has 3 rings (SSSR count). The molecule has 3 N–H and O–H groups in total. The Morgan fingerprint density at radius 2 is 1.65 bits per heavy atom. The summed E-state index contributed by atoms with van der Waals surface area (Å²) >= 11 is 0. The molecule has 7 atom stereocenters. The Balaban J connectivity index is 2.32. The number of carbonyl (C=O) groups excluding carboxylic acids is 3. The molecule has 1 fully saturated rings. The summed E-state index contributed by atoms with van der Waals surface area (Å²) in [4.78, 5) is 38.1. The zero-order chi connectivity index (χ0) is 25.9. The number of esters is 2. The number of ether oxygens (including phenoxy) is 2. The summed E-state index contributed by atoms with van der Waals surface area (Å²) in [6.45, 7) is 11.5. The Morgan fingerprint density at radius 1 is 1.06 bits per heavy atom. The maximum absolute atomic E-state index is 13.1. The van der Waals surface area contributed by atoms with Crippen molar-refractivity contribution < 1.29 is 39.2 Å². The topological polar surface area (TPSA) is 130 Å². The van der Waals surface area contributed by atoms with E-state index < -0.39 is 70.4 Å². The number of rotatable bonds is 5. The van der Waals surface area contributed by atoms with Gasteiger partial charge in [0.1, 0.15) is 11.7 Å². The first-order valence-electron chi connectivity index (χ1n) is 12.0. The number of ketones is 1. The lowest BCUT2D eigenvalue weighted by atomic mass is 9.47. The highest BCUT2D eigenvalue weighted by molar-refractivity contribution is 6.04. The third-order valence-electron chi connectivity index (χ3n) is 8.73. The van der Waals surface area contributed by atoms with Crippen molar-refractivity contribution in [3.63, 3.8) is 0 Å². The van der Waals surface area contributed by atoms with Crippen molar-refractivity contribution in [1.82, 2.24) is 0 Å². The summed E-state index contributed by atoms with van der Waals surface area (Å²) < 4.78 is 11.8. The third kappa shape index (κ3) is 3.48. The van der Waals surface area contributed by atoms with E-state index in [0.717, 1.165) is 0 Å². The zero-order valence-electron chi connectivity index (χ0n) is 21.2. The molecule has 0 bridgehead atoms. The van der Waals surface area contributed by atoms with Crippen LogP contribution in [0.5, 0.6) is 0 Å². The molecule has 0 heterocycles. The van der Waals surface area contributed by atoms with Crippen LogP contribution in [0.15, 0.2) is 23.3 Å². The summed E-state index contributed by atoms with van der Waals surface area (Å²) in [5, 5.41) is 34.3. The SMILES string of the molecule is CCC(=O)O[C@@H]1[C@@H](C)[C@@]2(O)[C@@H](C=C(CO)C[C@]3(O)C(=O)C(C)=C[C@@H]23)C(C)(C)[C@]1(C)OC(=O)CC. The molecule has 0 aliphatic heterocycles. The second-order valence-electron chi connectivity index (χ2n) is 10.8. The third-order valence-corrected chi connectivity index (χ3v) is 8.73. The Labute approximate surface area is 201 Å². The number of aliphatic hydroxyl groups is 3. The zero-order valence-corrected chi connectivity index (χ0v) is 21.2.